The van der Waals surface area contributed by atoms with Crippen LogP contribution < -0.4 is 10.3 Å². The molecule has 26 heteroatoms. The zero-order valence-electron chi connectivity index (χ0n) is 67.5. The van der Waals surface area contributed by atoms with Crippen molar-refractivity contribution < 1.29 is 27.2 Å². The Bertz CT molecular complexity index is 7150. The molecule has 25 nitrogen and oxygen atoms in total. The fourth-order valence-electron chi connectivity index (χ4n) is 16.4. The van der Waals surface area contributed by atoms with E-state index in [1.165, 1.54) is 50.7 Å². The van der Waals surface area contributed by atoms with Crippen molar-refractivity contribution in [3.63, 3.8) is 0 Å². The van der Waals surface area contributed by atoms with E-state index < -0.39 is 0 Å². The van der Waals surface area contributed by atoms with Crippen molar-refractivity contribution in [3.05, 3.63) is 237 Å². The van der Waals surface area contributed by atoms with E-state index in [-0.39, 0.29) is 17.0 Å². The molecule has 23 rings (SSSR count). The molecular formula is C93H84FN19O6. The van der Waals surface area contributed by atoms with Crippen LogP contribution in [0.15, 0.2) is 175 Å². The number of H-pyrrole nitrogens is 6. The summed E-state index contributed by atoms with van der Waals surface area (Å²) in [5.74, 6) is 9.79. The van der Waals surface area contributed by atoms with Gasteiger partial charge in [0.1, 0.15) is 75.3 Å². The van der Waals surface area contributed by atoms with E-state index in [1.54, 1.807) is 24.5 Å². The molecule has 4 saturated carbocycles. The lowest BCUT2D eigenvalue weighted by molar-refractivity contribution is 0.124. The zero-order chi connectivity index (χ0) is 81.4. The molecular weight excluding hydrogens is 1500 g/mol. The molecule has 7 aromatic carbocycles. The van der Waals surface area contributed by atoms with E-state index in [2.05, 4.69) is 130 Å². The summed E-state index contributed by atoms with van der Waals surface area (Å²) in [5, 5.41) is 32.4. The molecule has 6 N–H and O–H groups in total. The fraction of sp³-hybridized carbons (Fsp3) is 0.258. The number of hydrogen-bond acceptors (Lipinski definition) is 18. The Morgan fingerprint density at radius 1 is 0.445 bits per heavy atom. The minimum Gasteiger partial charge on any atom is -0.472 e. The predicted molar refractivity (Wildman–Crippen MR) is 455 cm³/mol. The van der Waals surface area contributed by atoms with Crippen LogP contribution in [0.4, 0.5) is 4.39 Å². The Hall–Kier alpha value is -14.0. The van der Waals surface area contributed by atoms with Gasteiger partial charge in [0.05, 0.1) is 95.4 Å². The van der Waals surface area contributed by atoms with Gasteiger partial charge in [-0.3, -0.25) is 14.5 Å². The molecule has 0 radical (unpaired) electrons. The normalized spacial score (nSPS) is 14.2. The summed E-state index contributed by atoms with van der Waals surface area (Å²) in [5.41, 5.74) is 29.0. The number of ether oxygens (including phenoxy) is 1. The molecule has 594 valence electrons. The molecule has 0 unspecified atom stereocenters. The quantitative estimate of drug-likeness (QED) is 0.0589. The molecule has 4 aliphatic rings. The first-order chi connectivity index (χ1) is 57.6. The average molecular weight is 1580 g/mol. The van der Waals surface area contributed by atoms with Gasteiger partial charge in [-0.1, -0.05) is 51.0 Å². The van der Waals surface area contributed by atoms with Crippen LogP contribution in [0.2, 0.25) is 0 Å². The topological polar surface area (TPSA) is 333 Å². The molecule has 4 aliphatic carbocycles. The van der Waals surface area contributed by atoms with E-state index in [0.29, 0.717) is 40.6 Å². The van der Waals surface area contributed by atoms with Gasteiger partial charge in [-0.15, -0.1) is 0 Å². The maximum absolute atomic E-state index is 13.5. The van der Waals surface area contributed by atoms with Gasteiger partial charge >= 0.3 is 0 Å². The van der Waals surface area contributed by atoms with Crippen LogP contribution in [0.3, 0.4) is 0 Å². The maximum atomic E-state index is 13.5. The lowest BCUT2D eigenvalue weighted by Crippen LogP contribution is -2.23. The van der Waals surface area contributed by atoms with Crippen LogP contribution in [0.1, 0.15) is 165 Å². The summed E-state index contributed by atoms with van der Waals surface area (Å²) in [6.45, 7) is 21.6. The van der Waals surface area contributed by atoms with Gasteiger partial charge in [-0.25, -0.2) is 39.4 Å². The van der Waals surface area contributed by atoms with Crippen LogP contribution >= 0.6 is 0 Å². The molecule has 0 bridgehead atoms. The summed E-state index contributed by atoms with van der Waals surface area (Å²) in [6, 6.07) is 43.1. The van der Waals surface area contributed by atoms with Crippen molar-refractivity contribution in [3.8, 4) is 101 Å². The second kappa shape index (κ2) is 29.0. The number of imidazole rings is 5. The zero-order valence-corrected chi connectivity index (χ0v) is 67.5. The third-order valence-electron chi connectivity index (χ3n) is 22.7. The van der Waals surface area contributed by atoms with E-state index >= 15 is 0 Å². The number of aryl methyl sites for hydroxylation is 8. The molecule has 119 heavy (non-hydrogen) atoms. The van der Waals surface area contributed by atoms with Gasteiger partial charge in [-0.2, -0.15) is 10.2 Å². The molecule has 0 spiro atoms. The fourth-order valence-corrected chi connectivity index (χ4v) is 16.4. The summed E-state index contributed by atoms with van der Waals surface area (Å²) >= 11 is 0. The third kappa shape index (κ3) is 14.1. The Balaban J connectivity index is 0.000000102. The lowest BCUT2D eigenvalue weighted by atomic mass is 9.95. The van der Waals surface area contributed by atoms with E-state index in [9.17, 15) is 9.18 Å². The van der Waals surface area contributed by atoms with Crippen molar-refractivity contribution in [2.75, 3.05) is 0 Å². The predicted octanol–water partition coefficient (Wildman–Crippen LogP) is 21.5. The Kier molecular flexibility index (Phi) is 18.0. The van der Waals surface area contributed by atoms with Gasteiger partial charge in [0.2, 0.25) is 5.88 Å². The summed E-state index contributed by atoms with van der Waals surface area (Å²) in [4.78, 5) is 55.2. The molecule has 12 aromatic heterocycles. The van der Waals surface area contributed by atoms with Crippen LogP contribution in [0.25, 0.3) is 161 Å². The second-order valence-corrected chi connectivity index (χ2v) is 32.8. The number of pyridine rings is 1. The molecule has 12 heterocycles. The summed E-state index contributed by atoms with van der Waals surface area (Å²) in [7, 11) is 0. The first-order valence-electron chi connectivity index (χ1n) is 40.4. The first kappa shape index (κ1) is 73.8. The SMILES string of the molecule is Cc1noc(C)c1-c1cc(-c2ccnc(OC(C)(C)C)c2)c2nc(C3CC3)[nH]c2c1.Cc1noc(C)c1-c1cc(-c2cn[nH]c2-c2ccc(F)cc2)c2nc(C3CC3)[nH]c2c1.Cc1noc(C)c1-c1cc(-c2n[nH]c(=O)c3ccccc23)c2nc(C3CC3)[nH]c2c1.Cc1noc(C)c1-c1cc(-n2cnc3ccccc32)c2nc(C3CC3)[nH]c2c1. The molecule has 0 amide bonds. The number of aromatic nitrogens is 19. The number of fused-ring (bicyclic) bond motifs is 6. The van der Waals surface area contributed by atoms with Crippen LogP contribution in [0, 0.1) is 61.2 Å². The number of nitrogens with zero attached hydrogens (tertiary/aromatic N) is 13. The number of benzene rings is 7. The lowest BCUT2D eigenvalue weighted by Gasteiger charge is -2.20. The monoisotopic (exact) mass is 1580 g/mol. The number of halogens is 1. The second-order valence-electron chi connectivity index (χ2n) is 32.8. The van der Waals surface area contributed by atoms with Crippen LogP contribution in [-0.2, 0) is 0 Å². The van der Waals surface area contributed by atoms with Gasteiger partial charge in [0, 0.05) is 91.4 Å². The largest absolute Gasteiger partial charge is 0.472 e. The number of para-hydroxylation sites is 2. The average Bonchev–Trinajstić information content (AvgIpc) is 1.67. The number of nitrogens with one attached hydrogen (secondary N) is 6. The van der Waals surface area contributed by atoms with Crippen molar-refractivity contribution in [1.82, 2.24) is 95.4 Å². The number of hydrogen-bond donors (Lipinski definition) is 6. The minimum atomic E-state index is -0.315. The molecule has 0 saturated heterocycles. The molecule has 4 fully saturated rings. The summed E-state index contributed by atoms with van der Waals surface area (Å²) in [6.07, 6.45) is 14.9. The van der Waals surface area contributed by atoms with E-state index in [1.807, 2.05) is 137 Å². The summed E-state index contributed by atoms with van der Waals surface area (Å²) < 4.78 is 43.3. The third-order valence-corrected chi connectivity index (χ3v) is 22.7. The van der Waals surface area contributed by atoms with Gasteiger partial charge < -0.3 is 42.8 Å². The maximum Gasteiger partial charge on any atom is 0.272 e. The molecule has 0 atom stereocenters. The highest BCUT2D eigenvalue weighted by molar-refractivity contribution is 6.04. The smallest absolute Gasteiger partial charge is 0.272 e. The van der Waals surface area contributed by atoms with Crippen molar-refractivity contribution in [2.24, 2.45) is 0 Å². The van der Waals surface area contributed by atoms with Crippen LogP contribution in [0.5, 0.6) is 5.88 Å². The highest BCUT2D eigenvalue weighted by atomic mass is 19.1. The first-order valence-corrected chi connectivity index (χ1v) is 40.4. The van der Waals surface area contributed by atoms with Gasteiger partial charge in [0.15, 0.2) is 0 Å². The standard InChI is InChI=1S/C24H20FN5O.C24H26N4O2.C23H19N5O2.C22H19N5O/c1-12-21(13(2)31-30-12)16-9-18(23-20(10-16)27-24(28-23)15-3-4-15)19-11-26-29-22(19)14-5-7-17(25)8-6-14;1-13-21(14(2)30-28-13)17-10-18(16-8-9-25-20(12-16)29-24(3,4)5)22-19(11-17)26-23(27-22)15-6-7-15;1-11-19(12(2)30-28-11)14-9-17(21-18(10-14)24-22(25-21)13-7-8-13)20-15-5-3-4-6-16(15)23(29)27-26-20;1-12-20(13(2)28-26-12)15-9-17-21(25-22(24-17)14-7-8-14)19(10-15)27-11-23-16-5-3-4-6-18(16)27/h5-11,15H,3-4H2,1-2H3,(H,26,29)(H,27,28);8-12,15H,6-7H2,1-5H3,(H,26,27);3-6,9-10,13H,7-8H2,1-2H3,(H,24,25)(H,27,29);3-6,9-11,14H,7-8H2,1-2H3,(H,24,25). The Labute approximate surface area is 680 Å². The highest BCUT2D eigenvalue weighted by Gasteiger charge is 2.33. The van der Waals surface area contributed by atoms with E-state index in [4.69, 9.17) is 42.8 Å². The Morgan fingerprint density at radius 2 is 0.891 bits per heavy atom. The van der Waals surface area contributed by atoms with Gasteiger partial charge in [-0.05, 0) is 252 Å². The van der Waals surface area contributed by atoms with Crippen molar-refractivity contribution in [2.45, 2.75) is 157 Å². The van der Waals surface area contributed by atoms with Crippen LogP contribution in [-0.4, -0.2) is 101 Å². The molecule has 0 aliphatic heterocycles. The minimum absolute atomic E-state index is 0.201. The van der Waals surface area contributed by atoms with E-state index in [0.717, 1.165) is 232 Å². The molecule has 19 aromatic rings. The number of rotatable bonds is 14. The van der Waals surface area contributed by atoms with Crippen molar-refractivity contribution in [1.29, 1.82) is 0 Å². The van der Waals surface area contributed by atoms with Crippen molar-refractivity contribution >= 4 is 65.9 Å². The number of aromatic amines is 6. The Morgan fingerprint density at radius 3 is 1.39 bits per heavy atom. The van der Waals surface area contributed by atoms with Gasteiger partial charge in [0.25, 0.3) is 5.56 Å². The highest BCUT2D eigenvalue weighted by Crippen LogP contribution is 2.48.